The molecule has 0 aromatic heterocycles. The molecule has 0 saturated carbocycles. The summed E-state index contributed by atoms with van der Waals surface area (Å²) in [5, 5.41) is 2.89. The number of nitrogens with one attached hydrogen (secondary N) is 1. The van der Waals surface area contributed by atoms with E-state index in [1.807, 2.05) is 0 Å². The summed E-state index contributed by atoms with van der Waals surface area (Å²) in [7, 11) is 1.39. The largest absolute Gasteiger partial charge is 0.469 e. The number of hydrogen-bond donors (Lipinski definition) is 2. The smallest absolute Gasteiger partial charge is 0.310 e. The van der Waals surface area contributed by atoms with Gasteiger partial charge in [-0.3, -0.25) is 4.79 Å². The number of carbonyl (C=O) groups excluding carboxylic acids is 1. The summed E-state index contributed by atoms with van der Waals surface area (Å²) in [6.45, 7) is 0.578. The van der Waals surface area contributed by atoms with E-state index in [0.29, 0.717) is 18.8 Å². The van der Waals surface area contributed by atoms with E-state index in [1.165, 1.54) is 7.11 Å². The topological polar surface area (TPSA) is 64.3 Å². The van der Waals surface area contributed by atoms with Crippen molar-refractivity contribution in [3.05, 3.63) is 11.9 Å². The van der Waals surface area contributed by atoms with E-state index in [4.69, 9.17) is 5.73 Å². The maximum absolute atomic E-state index is 10.9. The van der Waals surface area contributed by atoms with Gasteiger partial charge in [0.2, 0.25) is 0 Å². The summed E-state index contributed by atoms with van der Waals surface area (Å²) in [5.74, 6) is 0.388. The van der Waals surface area contributed by atoms with Gasteiger partial charge in [0.05, 0.1) is 18.8 Å². The molecule has 1 aliphatic rings. The van der Waals surface area contributed by atoms with Gasteiger partial charge < -0.3 is 15.8 Å². The average molecular weight is 193 g/mol. The summed E-state index contributed by atoms with van der Waals surface area (Å²) in [4.78, 5) is 10.9. The molecule has 1 heterocycles. The Morgan fingerprint density at radius 1 is 1.83 bits per heavy atom. The Morgan fingerprint density at radius 2 is 2.50 bits per heavy atom. The Kier molecular flexibility index (Phi) is 4.51. The third-order valence-electron chi connectivity index (χ3n) is 1.71. The lowest BCUT2D eigenvalue weighted by molar-refractivity contribution is -0.145. The summed E-state index contributed by atoms with van der Waals surface area (Å²) >= 11 is 0. The van der Waals surface area contributed by atoms with Gasteiger partial charge in [0.15, 0.2) is 0 Å². The highest BCUT2D eigenvalue weighted by atomic mass is 35.5. The number of nitrogens with two attached hydrogens (primary N) is 1. The van der Waals surface area contributed by atoms with Crippen LogP contribution in [0.1, 0.15) is 6.42 Å². The SMILES string of the molecule is COC(=O)C1CC=C(N)NC1.Cl. The van der Waals surface area contributed by atoms with Crippen molar-refractivity contribution in [3.63, 3.8) is 0 Å². The molecule has 1 unspecified atom stereocenters. The third-order valence-corrected chi connectivity index (χ3v) is 1.71. The molecule has 0 saturated heterocycles. The summed E-state index contributed by atoms with van der Waals surface area (Å²) in [5.41, 5.74) is 5.44. The number of rotatable bonds is 1. The second-order valence-electron chi connectivity index (χ2n) is 2.50. The van der Waals surface area contributed by atoms with Crippen molar-refractivity contribution in [1.29, 1.82) is 0 Å². The molecule has 1 atom stereocenters. The predicted molar refractivity (Wildman–Crippen MR) is 47.6 cm³/mol. The second-order valence-corrected chi connectivity index (χ2v) is 2.50. The molecule has 12 heavy (non-hydrogen) atoms. The summed E-state index contributed by atoms with van der Waals surface area (Å²) in [6, 6.07) is 0. The lowest BCUT2D eigenvalue weighted by Gasteiger charge is -2.19. The van der Waals surface area contributed by atoms with Gasteiger partial charge in [-0.15, -0.1) is 12.4 Å². The van der Waals surface area contributed by atoms with Gasteiger partial charge in [0.1, 0.15) is 0 Å². The van der Waals surface area contributed by atoms with Crippen LogP contribution in [0, 0.1) is 5.92 Å². The van der Waals surface area contributed by atoms with Gasteiger partial charge in [0.25, 0.3) is 0 Å². The molecule has 0 fully saturated rings. The van der Waals surface area contributed by atoms with Gasteiger partial charge >= 0.3 is 5.97 Å². The maximum atomic E-state index is 10.9. The minimum atomic E-state index is -0.179. The van der Waals surface area contributed by atoms with Crippen molar-refractivity contribution in [2.45, 2.75) is 6.42 Å². The van der Waals surface area contributed by atoms with E-state index < -0.39 is 0 Å². The molecule has 0 spiro atoms. The zero-order valence-electron chi connectivity index (χ0n) is 6.87. The molecule has 3 N–H and O–H groups in total. The van der Waals surface area contributed by atoms with Crippen molar-refractivity contribution < 1.29 is 9.53 Å². The summed E-state index contributed by atoms with van der Waals surface area (Å²) < 4.78 is 4.58. The number of allylic oxidation sites excluding steroid dienone is 1. The van der Waals surface area contributed by atoms with Crippen molar-refractivity contribution in [2.24, 2.45) is 11.7 Å². The third kappa shape index (κ3) is 2.62. The fourth-order valence-corrected chi connectivity index (χ4v) is 1.01. The molecule has 0 aliphatic carbocycles. The first kappa shape index (κ1) is 11.1. The molecule has 1 rings (SSSR count). The number of methoxy groups -OCH3 is 1. The van der Waals surface area contributed by atoms with E-state index in [-0.39, 0.29) is 24.3 Å². The van der Waals surface area contributed by atoms with Crippen LogP contribution < -0.4 is 11.1 Å². The number of carbonyl (C=O) groups is 1. The Bertz CT molecular complexity index is 194. The van der Waals surface area contributed by atoms with E-state index >= 15 is 0 Å². The molecule has 0 bridgehead atoms. The molecular formula is C7H13ClN2O2. The zero-order valence-corrected chi connectivity index (χ0v) is 7.69. The predicted octanol–water partition coefficient (Wildman–Crippen LogP) is -0.00920. The lowest BCUT2D eigenvalue weighted by Crippen LogP contribution is -2.34. The highest BCUT2D eigenvalue weighted by Crippen LogP contribution is 2.09. The average Bonchev–Trinajstić information content (AvgIpc) is 2.05. The van der Waals surface area contributed by atoms with Crippen LogP contribution in [-0.2, 0) is 9.53 Å². The fourth-order valence-electron chi connectivity index (χ4n) is 1.01. The minimum absolute atomic E-state index is 0. The first-order chi connectivity index (χ1) is 5.24. The van der Waals surface area contributed by atoms with Crippen molar-refractivity contribution in [2.75, 3.05) is 13.7 Å². The van der Waals surface area contributed by atoms with E-state index in [0.717, 1.165) is 0 Å². The molecule has 0 amide bonds. The molecule has 4 nitrogen and oxygen atoms in total. The maximum Gasteiger partial charge on any atom is 0.310 e. The summed E-state index contributed by atoms with van der Waals surface area (Å²) in [6.07, 6.45) is 2.47. The molecule has 0 radical (unpaired) electrons. The van der Waals surface area contributed by atoms with Crippen LogP contribution in [0.4, 0.5) is 0 Å². The molecule has 0 aromatic rings. The van der Waals surface area contributed by atoms with Crippen molar-refractivity contribution >= 4 is 18.4 Å². The lowest BCUT2D eigenvalue weighted by atomic mass is 10.0. The Balaban J connectivity index is 0.00000121. The molecule has 70 valence electrons. The number of esters is 1. The molecule has 1 aliphatic heterocycles. The fraction of sp³-hybridized carbons (Fsp3) is 0.571. The highest BCUT2D eigenvalue weighted by Gasteiger charge is 2.20. The van der Waals surface area contributed by atoms with Gasteiger partial charge in [-0.05, 0) is 12.5 Å². The van der Waals surface area contributed by atoms with Crippen LogP contribution in [0.15, 0.2) is 11.9 Å². The van der Waals surface area contributed by atoms with Gasteiger partial charge in [0, 0.05) is 6.54 Å². The molecule has 5 heteroatoms. The van der Waals surface area contributed by atoms with Crippen LogP contribution >= 0.6 is 12.4 Å². The number of ether oxygens (including phenoxy) is 1. The van der Waals surface area contributed by atoms with E-state index in [1.54, 1.807) is 6.08 Å². The van der Waals surface area contributed by atoms with Gasteiger partial charge in [-0.25, -0.2) is 0 Å². The number of halogens is 1. The van der Waals surface area contributed by atoms with Crippen molar-refractivity contribution in [3.8, 4) is 0 Å². The Morgan fingerprint density at radius 3 is 2.92 bits per heavy atom. The van der Waals surface area contributed by atoms with Crippen LogP contribution in [0.5, 0.6) is 0 Å². The van der Waals surface area contributed by atoms with E-state index in [2.05, 4.69) is 10.1 Å². The molecular weight excluding hydrogens is 180 g/mol. The Labute approximate surface area is 77.6 Å². The second kappa shape index (κ2) is 4.87. The Hall–Kier alpha value is -0.900. The molecule has 0 aromatic carbocycles. The van der Waals surface area contributed by atoms with Gasteiger partial charge in [-0.2, -0.15) is 0 Å². The van der Waals surface area contributed by atoms with Crippen LogP contribution in [0.2, 0.25) is 0 Å². The first-order valence-corrected chi connectivity index (χ1v) is 3.51. The minimum Gasteiger partial charge on any atom is -0.469 e. The standard InChI is InChI=1S/C7H12N2O2.ClH/c1-11-7(10)5-2-3-6(8)9-4-5;/h3,5,9H,2,4,8H2,1H3;1H. The number of hydrogen-bond acceptors (Lipinski definition) is 4. The van der Waals surface area contributed by atoms with Crippen LogP contribution in [-0.4, -0.2) is 19.6 Å². The van der Waals surface area contributed by atoms with Crippen LogP contribution in [0.3, 0.4) is 0 Å². The van der Waals surface area contributed by atoms with Crippen molar-refractivity contribution in [1.82, 2.24) is 5.32 Å². The quantitative estimate of drug-likeness (QED) is 0.574. The zero-order chi connectivity index (χ0) is 8.27. The highest BCUT2D eigenvalue weighted by molar-refractivity contribution is 5.85. The monoisotopic (exact) mass is 192 g/mol. The first-order valence-electron chi connectivity index (χ1n) is 3.51. The normalized spacial score (nSPS) is 21.4. The van der Waals surface area contributed by atoms with Crippen LogP contribution in [0.25, 0.3) is 0 Å². The van der Waals surface area contributed by atoms with E-state index in [9.17, 15) is 4.79 Å². The van der Waals surface area contributed by atoms with Gasteiger partial charge in [-0.1, -0.05) is 0 Å².